The van der Waals surface area contributed by atoms with E-state index in [1.54, 1.807) is 0 Å². The molecule has 4 aromatic rings. The molecule has 3 aromatic carbocycles. The molecule has 0 saturated heterocycles. The summed E-state index contributed by atoms with van der Waals surface area (Å²) in [4.78, 5) is 4.85. The Morgan fingerprint density at radius 3 is 2.00 bits per heavy atom. The lowest BCUT2D eigenvalue weighted by Crippen LogP contribution is -1.97. The van der Waals surface area contributed by atoms with Crippen molar-refractivity contribution in [2.75, 3.05) is 0 Å². The van der Waals surface area contributed by atoms with Crippen LogP contribution in [0.3, 0.4) is 0 Å². The first kappa shape index (κ1) is 14.7. The summed E-state index contributed by atoms with van der Waals surface area (Å²) in [6, 6.07) is 24.8. The van der Waals surface area contributed by atoms with Crippen LogP contribution in [0.2, 0.25) is 0 Å². The summed E-state index contributed by atoms with van der Waals surface area (Å²) >= 11 is 6.99. The number of aromatic nitrogens is 2. The summed E-state index contributed by atoms with van der Waals surface area (Å²) in [5.74, 6) is 0.945. The van der Waals surface area contributed by atoms with Crippen LogP contribution in [0.5, 0.6) is 0 Å². The molecule has 0 bridgehead atoms. The molecule has 0 aliphatic rings. The van der Waals surface area contributed by atoms with Gasteiger partial charge in [0, 0.05) is 20.2 Å². The van der Waals surface area contributed by atoms with E-state index in [0.29, 0.717) is 0 Å². The van der Waals surface area contributed by atoms with E-state index in [4.69, 9.17) is 4.98 Å². The Balaban J connectivity index is 2.01. The number of para-hydroxylation sites is 2. The van der Waals surface area contributed by atoms with Crippen LogP contribution in [0.1, 0.15) is 0 Å². The monoisotopic (exact) mass is 426 g/mol. The predicted octanol–water partition coefficient (Wildman–Crippen LogP) is 6.22. The average Bonchev–Trinajstić information content (AvgIpc) is 2.96. The van der Waals surface area contributed by atoms with E-state index in [0.717, 1.165) is 37.1 Å². The zero-order valence-corrected chi connectivity index (χ0v) is 15.3. The Labute approximate surface area is 151 Å². The Bertz CT molecular complexity index is 971. The molecule has 0 saturated carbocycles. The zero-order chi connectivity index (χ0) is 15.8. The molecular weight excluding hydrogens is 416 g/mol. The fourth-order valence-electron chi connectivity index (χ4n) is 2.67. The molecular formula is C19H12Br2N2. The minimum absolute atomic E-state index is 0.945. The van der Waals surface area contributed by atoms with Gasteiger partial charge in [-0.05, 0) is 48.5 Å². The van der Waals surface area contributed by atoms with Crippen LogP contribution >= 0.6 is 31.9 Å². The van der Waals surface area contributed by atoms with Gasteiger partial charge in [-0.25, -0.2) is 4.98 Å². The van der Waals surface area contributed by atoms with Gasteiger partial charge in [-0.3, -0.25) is 4.57 Å². The van der Waals surface area contributed by atoms with E-state index in [-0.39, 0.29) is 0 Å². The number of halogens is 2. The van der Waals surface area contributed by atoms with Gasteiger partial charge in [0.15, 0.2) is 0 Å². The lowest BCUT2D eigenvalue weighted by atomic mass is 10.2. The lowest BCUT2D eigenvalue weighted by Gasteiger charge is -2.10. The molecule has 1 aromatic heterocycles. The van der Waals surface area contributed by atoms with Gasteiger partial charge in [0.05, 0.1) is 11.0 Å². The SMILES string of the molecule is Brc1ccc(-c2nc3ccccc3n2-c2ccc(Br)cc2)cc1. The number of rotatable bonds is 2. The second-order valence-electron chi connectivity index (χ2n) is 5.24. The minimum Gasteiger partial charge on any atom is -0.292 e. The van der Waals surface area contributed by atoms with Crippen molar-refractivity contribution in [1.82, 2.24) is 9.55 Å². The van der Waals surface area contributed by atoms with Gasteiger partial charge in [-0.2, -0.15) is 0 Å². The van der Waals surface area contributed by atoms with Crippen LogP contribution in [0, 0.1) is 0 Å². The second kappa shape index (κ2) is 5.95. The Morgan fingerprint density at radius 1 is 0.696 bits per heavy atom. The van der Waals surface area contributed by atoms with Crippen molar-refractivity contribution in [2.45, 2.75) is 0 Å². The molecule has 0 atom stereocenters. The number of imidazole rings is 1. The molecule has 0 spiro atoms. The Kier molecular flexibility index (Phi) is 3.79. The van der Waals surface area contributed by atoms with Crippen molar-refractivity contribution in [3.05, 3.63) is 81.7 Å². The molecule has 4 rings (SSSR count). The molecule has 0 N–H and O–H groups in total. The highest BCUT2D eigenvalue weighted by atomic mass is 79.9. The van der Waals surface area contributed by atoms with Crippen LogP contribution in [0.25, 0.3) is 28.1 Å². The third kappa shape index (κ3) is 2.73. The highest BCUT2D eigenvalue weighted by Crippen LogP contribution is 2.29. The highest BCUT2D eigenvalue weighted by molar-refractivity contribution is 9.10. The van der Waals surface area contributed by atoms with Crippen molar-refractivity contribution in [1.29, 1.82) is 0 Å². The maximum atomic E-state index is 4.85. The van der Waals surface area contributed by atoms with E-state index in [2.05, 4.69) is 78.9 Å². The van der Waals surface area contributed by atoms with Crippen molar-refractivity contribution in [3.63, 3.8) is 0 Å². The summed E-state index contributed by atoms with van der Waals surface area (Å²) in [7, 11) is 0. The third-order valence-corrected chi connectivity index (χ3v) is 4.81. The van der Waals surface area contributed by atoms with Crippen molar-refractivity contribution < 1.29 is 0 Å². The average molecular weight is 428 g/mol. The van der Waals surface area contributed by atoms with Crippen LogP contribution in [0.15, 0.2) is 81.7 Å². The number of hydrogen-bond donors (Lipinski definition) is 0. The molecule has 0 amide bonds. The Morgan fingerprint density at radius 2 is 1.30 bits per heavy atom. The quantitative estimate of drug-likeness (QED) is 0.371. The van der Waals surface area contributed by atoms with Gasteiger partial charge in [0.2, 0.25) is 0 Å². The Hall–Kier alpha value is -1.91. The third-order valence-electron chi connectivity index (χ3n) is 3.75. The molecule has 23 heavy (non-hydrogen) atoms. The number of nitrogens with zero attached hydrogens (tertiary/aromatic N) is 2. The minimum atomic E-state index is 0.945. The first-order valence-corrected chi connectivity index (χ1v) is 8.80. The van der Waals surface area contributed by atoms with Crippen LogP contribution in [-0.2, 0) is 0 Å². The molecule has 112 valence electrons. The van der Waals surface area contributed by atoms with Gasteiger partial charge < -0.3 is 0 Å². The van der Waals surface area contributed by atoms with E-state index in [1.165, 1.54) is 0 Å². The van der Waals surface area contributed by atoms with E-state index in [1.807, 2.05) is 30.3 Å². The lowest BCUT2D eigenvalue weighted by molar-refractivity contribution is 1.10. The van der Waals surface area contributed by atoms with Gasteiger partial charge in [-0.1, -0.05) is 56.1 Å². The van der Waals surface area contributed by atoms with Crippen LogP contribution in [0.4, 0.5) is 0 Å². The first-order valence-electron chi connectivity index (χ1n) is 7.22. The maximum absolute atomic E-state index is 4.85. The molecule has 0 radical (unpaired) electrons. The van der Waals surface area contributed by atoms with E-state index in [9.17, 15) is 0 Å². The molecule has 4 heteroatoms. The fraction of sp³-hybridized carbons (Fsp3) is 0. The molecule has 0 aliphatic heterocycles. The largest absolute Gasteiger partial charge is 0.292 e. The first-order chi connectivity index (χ1) is 11.2. The van der Waals surface area contributed by atoms with Crippen molar-refractivity contribution >= 4 is 42.9 Å². The molecule has 0 fully saturated rings. The normalized spacial score (nSPS) is 11.0. The maximum Gasteiger partial charge on any atom is 0.145 e. The number of hydrogen-bond acceptors (Lipinski definition) is 1. The molecule has 0 aliphatic carbocycles. The van der Waals surface area contributed by atoms with Crippen LogP contribution < -0.4 is 0 Å². The summed E-state index contributed by atoms with van der Waals surface area (Å²) in [6.45, 7) is 0. The highest BCUT2D eigenvalue weighted by Gasteiger charge is 2.13. The summed E-state index contributed by atoms with van der Waals surface area (Å²) < 4.78 is 4.33. The zero-order valence-electron chi connectivity index (χ0n) is 12.1. The summed E-state index contributed by atoms with van der Waals surface area (Å²) in [5.41, 5.74) is 4.29. The molecule has 0 unspecified atom stereocenters. The smallest absolute Gasteiger partial charge is 0.145 e. The van der Waals surface area contributed by atoms with E-state index < -0.39 is 0 Å². The van der Waals surface area contributed by atoms with Crippen LogP contribution in [-0.4, -0.2) is 9.55 Å². The van der Waals surface area contributed by atoms with Gasteiger partial charge in [0.1, 0.15) is 5.82 Å². The summed E-state index contributed by atoms with van der Waals surface area (Å²) in [5, 5.41) is 0. The van der Waals surface area contributed by atoms with Crippen molar-refractivity contribution in [3.8, 4) is 17.1 Å². The topological polar surface area (TPSA) is 17.8 Å². The van der Waals surface area contributed by atoms with Gasteiger partial charge in [0.25, 0.3) is 0 Å². The van der Waals surface area contributed by atoms with Gasteiger partial charge in [-0.15, -0.1) is 0 Å². The fourth-order valence-corrected chi connectivity index (χ4v) is 3.20. The molecule has 2 nitrogen and oxygen atoms in total. The summed E-state index contributed by atoms with van der Waals surface area (Å²) in [6.07, 6.45) is 0. The number of fused-ring (bicyclic) bond motifs is 1. The molecule has 1 heterocycles. The van der Waals surface area contributed by atoms with Crippen molar-refractivity contribution in [2.24, 2.45) is 0 Å². The van der Waals surface area contributed by atoms with E-state index >= 15 is 0 Å². The number of benzene rings is 3. The predicted molar refractivity (Wildman–Crippen MR) is 102 cm³/mol. The standard InChI is InChI=1S/C19H12Br2N2/c20-14-7-5-13(6-8-14)19-22-17-3-1-2-4-18(17)23(19)16-11-9-15(21)10-12-16/h1-12H. The van der Waals surface area contributed by atoms with Gasteiger partial charge >= 0.3 is 0 Å². The second-order valence-corrected chi connectivity index (χ2v) is 7.07.